The Hall–Kier alpha value is -2.84. The molecule has 0 unspecified atom stereocenters. The van der Waals surface area contributed by atoms with Crippen molar-refractivity contribution in [2.75, 3.05) is 11.1 Å². The molecule has 0 aliphatic heterocycles. The summed E-state index contributed by atoms with van der Waals surface area (Å²) in [6.45, 7) is 5.76. The Labute approximate surface area is 190 Å². The Morgan fingerprint density at radius 2 is 1.90 bits per heavy atom. The van der Waals surface area contributed by atoms with Crippen molar-refractivity contribution in [1.29, 1.82) is 0 Å². The van der Waals surface area contributed by atoms with E-state index >= 15 is 0 Å². The fraction of sp³-hybridized carbons (Fsp3) is 0.273. The molecule has 1 aromatic heterocycles. The number of amides is 2. The molecule has 3 rings (SSSR count). The normalized spacial score (nSPS) is 11.8. The van der Waals surface area contributed by atoms with Crippen LogP contribution in [0.3, 0.4) is 0 Å². The molecule has 0 aliphatic rings. The molecule has 7 nitrogen and oxygen atoms in total. The Morgan fingerprint density at radius 1 is 1.16 bits per heavy atom. The van der Waals surface area contributed by atoms with Crippen LogP contribution in [0.5, 0.6) is 0 Å². The summed E-state index contributed by atoms with van der Waals surface area (Å²) in [6.07, 6.45) is 0. The smallest absolute Gasteiger partial charge is 0.253 e. The van der Waals surface area contributed by atoms with Crippen LogP contribution in [0.2, 0.25) is 5.02 Å². The highest BCUT2D eigenvalue weighted by Crippen LogP contribution is 2.22. The lowest BCUT2D eigenvalue weighted by Crippen LogP contribution is -2.28. The first-order chi connectivity index (χ1) is 14.8. The number of halogens is 1. The summed E-state index contributed by atoms with van der Waals surface area (Å²) in [5.41, 5.74) is 3.29. The summed E-state index contributed by atoms with van der Waals surface area (Å²) >= 11 is 7.38. The largest absolute Gasteiger partial charge is 0.342 e. The van der Waals surface area contributed by atoms with Crippen molar-refractivity contribution in [2.24, 2.45) is 7.05 Å². The average Bonchev–Trinajstić information content (AvgIpc) is 3.10. The molecule has 0 aliphatic carbocycles. The molecule has 0 saturated heterocycles. The molecule has 0 radical (unpaired) electrons. The number of carbonyl (C=O) groups excluding carboxylic acids is 2. The van der Waals surface area contributed by atoms with Gasteiger partial charge in [-0.05, 0) is 50.1 Å². The van der Waals surface area contributed by atoms with Gasteiger partial charge in [0.25, 0.3) is 5.91 Å². The maximum absolute atomic E-state index is 12.5. The van der Waals surface area contributed by atoms with Gasteiger partial charge < -0.3 is 15.2 Å². The fourth-order valence-electron chi connectivity index (χ4n) is 3.00. The zero-order chi connectivity index (χ0) is 22.5. The molecule has 3 aromatic rings. The van der Waals surface area contributed by atoms with E-state index in [1.165, 1.54) is 11.8 Å². The maximum atomic E-state index is 12.5. The van der Waals surface area contributed by atoms with Crippen molar-refractivity contribution < 1.29 is 9.59 Å². The van der Waals surface area contributed by atoms with Crippen molar-refractivity contribution >= 4 is 40.9 Å². The Morgan fingerprint density at radius 3 is 2.65 bits per heavy atom. The topological polar surface area (TPSA) is 88.9 Å². The van der Waals surface area contributed by atoms with E-state index in [0.29, 0.717) is 21.6 Å². The third kappa shape index (κ3) is 5.65. The van der Waals surface area contributed by atoms with Crippen molar-refractivity contribution in [2.45, 2.75) is 32.0 Å². The third-order valence-electron chi connectivity index (χ3n) is 4.72. The van der Waals surface area contributed by atoms with Crippen molar-refractivity contribution in [3.05, 3.63) is 70.0 Å². The number of carbonyl (C=O) groups is 2. The van der Waals surface area contributed by atoms with Crippen molar-refractivity contribution in [1.82, 2.24) is 20.1 Å². The van der Waals surface area contributed by atoms with Gasteiger partial charge in [0.1, 0.15) is 0 Å². The molecule has 2 N–H and O–H groups in total. The quantitative estimate of drug-likeness (QED) is 0.516. The Bertz CT molecular complexity index is 1120. The second-order valence-electron chi connectivity index (χ2n) is 7.23. The predicted octanol–water partition coefficient (Wildman–Crippen LogP) is 4.31. The minimum absolute atomic E-state index is 0.122. The molecule has 31 heavy (non-hydrogen) atoms. The van der Waals surface area contributed by atoms with E-state index in [1.54, 1.807) is 35.9 Å². The molecule has 162 valence electrons. The van der Waals surface area contributed by atoms with Crippen molar-refractivity contribution in [3.63, 3.8) is 0 Å². The minimum atomic E-state index is -0.389. The second kappa shape index (κ2) is 9.98. The van der Waals surface area contributed by atoms with E-state index in [9.17, 15) is 9.59 Å². The Balaban J connectivity index is 1.60. The summed E-state index contributed by atoms with van der Waals surface area (Å²) in [4.78, 5) is 24.9. The first-order valence-electron chi connectivity index (χ1n) is 9.71. The lowest BCUT2D eigenvalue weighted by molar-refractivity contribution is -0.113. The van der Waals surface area contributed by atoms with Gasteiger partial charge in [0.15, 0.2) is 11.0 Å². The molecular weight excluding hydrogens is 434 g/mol. The van der Waals surface area contributed by atoms with Crippen molar-refractivity contribution in [3.8, 4) is 0 Å². The van der Waals surface area contributed by atoms with Crippen LogP contribution in [0.1, 0.15) is 40.3 Å². The van der Waals surface area contributed by atoms with Gasteiger partial charge in [0.05, 0.1) is 22.4 Å². The van der Waals surface area contributed by atoms with Gasteiger partial charge in [0.2, 0.25) is 5.91 Å². The number of thioether (sulfide) groups is 1. The van der Waals surface area contributed by atoms with Gasteiger partial charge in [-0.2, -0.15) is 0 Å². The van der Waals surface area contributed by atoms with E-state index in [4.69, 9.17) is 11.6 Å². The fourth-order valence-corrected chi connectivity index (χ4v) is 3.94. The summed E-state index contributed by atoms with van der Waals surface area (Å²) in [5, 5.41) is 15.1. The summed E-state index contributed by atoms with van der Waals surface area (Å²) < 4.78 is 1.77. The maximum Gasteiger partial charge on any atom is 0.253 e. The van der Waals surface area contributed by atoms with Crippen LogP contribution in [-0.2, 0) is 11.8 Å². The van der Waals surface area contributed by atoms with E-state index in [1.807, 2.05) is 39.0 Å². The van der Waals surface area contributed by atoms with Crippen LogP contribution in [0.25, 0.3) is 0 Å². The zero-order valence-corrected chi connectivity index (χ0v) is 19.3. The molecular formula is C22H24ClN5O2S. The number of anilines is 1. The molecule has 9 heteroatoms. The van der Waals surface area contributed by atoms with Gasteiger partial charge in [-0.15, -0.1) is 10.2 Å². The number of nitrogens with one attached hydrogen (secondary N) is 2. The van der Waals surface area contributed by atoms with Crippen LogP contribution in [0.15, 0.2) is 47.6 Å². The van der Waals surface area contributed by atoms with Crippen LogP contribution in [0.4, 0.5) is 5.69 Å². The molecule has 1 heterocycles. The van der Waals surface area contributed by atoms with Crippen LogP contribution in [0, 0.1) is 13.8 Å². The van der Waals surface area contributed by atoms with E-state index in [-0.39, 0.29) is 23.6 Å². The Kier molecular flexibility index (Phi) is 7.35. The second-order valence-corrected chi connectivity index (χ2v) is 8.58. The van der Waals surface area contributed by atoms with E-state index in [0.717, 1.165) is 16.8 Å². The lowest BCUT2D eigenvalue weighted by atomic mass is 10.1. The summed E-state index contributed by atoms with van der Waals surface area (Å²) in [5.74, 6) is 0.365. The highest BCUT2D eigenvalue weighted by atomic mass is 35.5. The monoisotopic (exact) mass is 457 g/mol. The number of rotatable bonds is 7. The number of benzene rings is 2. The predicted molar refractivity (Wildman–Crippen MR) is 124 cm³/mol. The third-order valence-corrected chi connectivity index (χ3v) is 6.07. The average molecular weight is 458 g/mol. The van der Waals surface area contributed by atoms with Crippen LogP contribution >= 0.6 is 23.4 Å². The van der Waals surface area contributed by atoms with Gasteiger partial charge in [-0.25, -0.2) is 0 Å². The first kappa shape index (κ1) is 22.8. The van der Waals surface area contributed by atoms with Gasteiger partial charge in [0, 0.05) is 12.7 Å². The van der Waals surface area contributed by atoms with Crippen LogP contribution in [-0.4, -0.2) is 32.3 Å². The molecule has 0 spiro atoms. The van der Waals surface area contributed by atoms with Gasteiger partial charge in [-0.3, -0.25) is 9.59 Å². The summed E-state index contributed by atoms with van der Waals surface area (Å²) in [7, 11) is 1.80. The lowest BCUT2D eigenvalue weighted by Gasteiger charge is -2.14. The van der Waals surface area contributed by atoms with E-state index < -0.39 is 0 Å². The molecule has 0 bridgehead atoms. The highest BCUT2D eigenvalue weighted by molar-refractivity contribution is 7.99. The number of aromatic nitrogens is 3. The summed E-state index contributed by atoms with van der Waals surface area (Å²) in [6, 6.07) is 12.4. The zero-order valence-electron chi connectivity index (χ0n) is 17.8. The standard InChI is InChI=1S/C22H24ClN5O2S/c1-13-9-10-14(2)18(11-13)25-19(29)12-31-22-27-26-20(28(22)4)15(3)24-21(30)16-7-5-6-8-17(16)23/h5-11,15H,12H2,1-4H3,(H,24,30)(H,25,29)/t15-/m0/s1. The molecule has 1 atom stereocenters. The van der Waals surface area contributed by atoms with Gasteiger partial charge >= 0.3 is 0 Å². The number of hydrogen-bond donors (Lipinski definition) is 2. The molecule has 2 amide bonds. The first-order valence-corrected chi connectivity index (χ1v) is 11.1. The number of aryl methyl sites for hydroxylation is 2. The number of nitrogens with zero attached hydrogens (tertiary/aromatic N) is 3. The van der Waals surface area contributed by atoms with Gasteiger partial charge in [-0.1, -0.05) is 47.6 Å². The SMILES string of the molecule is Cc1ccc(C)c(NC(=O)CSc2nnc([C@H](C)NC(=O)c3ccccc3Cl)n2C)c1. The van der Waals surface area contributed by atoms with E-state index in [2.05, 4.69) is 20.8 Å². The highest BCUT2D eigenvalue weighted by Gasteiger charge is 2.20. The molecule has 2 aromatic carbocycles. The molecule has 0 fully saturated rings. The molecule has 0 saturated carbocycles. The van der Waals surface area contributed by atoms with Crippen LogP contribution < -0.4 is 10.6 Å². The minimum Gasteiger partial charge on any atom is -0.342 e. The number of hydrogen-bond acceptors (Lipinski definition) is 5.